The van der Waals surface area contributed by atoms with Crippen LogP contribution in [0, 0.1) is 0 Å². The number of aromatic nitrogens is 2. The summed E-state index contributed by atoms with van der Waals surface area (Å²) in [6.45, 7) is 0.952. The van der Waals surface area contributed by atoms with E-state index >= 15 is 0 Å². The van der Waals surface area contributed by atoms with E-state index in [2.05, 4.69) is 15.3 Å². The van der Waals surface area contributed by atoms with Crippen molar-refractivity contribution in [3.05, 3.63) is 18.1 Å². The van der Waals surface area contributed by atoms with E-state index in [0.717, 1.165) is 19.0 Å². The van der Waals surface area contributed by atoms with Crippen LogP contribution < -0.4 is 10.2 Å². The van der Waals surface area contributed by atoms with E-state index in [1.54, 1.807) is 4.90 Å². The van der Waals surface area contributed by atoms with Crippen molar-refractivity contribution in [1.82, 2.24) is 20.2 Å². The Morgan fingerprint density at radius 2 is 1.92 bits per heavy atom. The Kier molecular flexibility index (Phi) is 4.95. The maximum atomic E-state index is 12.6. The second-order valence-corrected chi connectivity index (χ2v) is 6.18. The van der Waals surface area contributed by atoms with Gasteiger partial charge in [-0.2, -0.15) is 0 Å². The Morgan fingerprint density at radius 3 is 2.48 bits per heavy atom. The first-order valence-corrected chi connectivity index (χ1v) is 8.13. The first-order chi connectivity index (χ1) is 12.0. The predicted molar refractivity (Wildman–Crippen MR) is 83.6 cm³/mol. The predicted octanol–water partition coefficient (Wildman–Crippen LogP) is 2.23. The van der Waals surface area contributed by atoms with Gasteiger partial charge in [0.1, 0.15) is 5.69 Å². The van der Waals surface area contributed by atoms with Gasteiger partial charge in [-0.15, -0.1) is 0 Å². The first-order valence-electron chi connectivity index (χ1n) is 8.13. The van der Waals surface area contributed by atoms with E-state index in [9.17, 15) is 18.4 Å². The Bertz CT molecular complexity index is 635. The quantitative estimate of drug-likeness (QED) is 0.863. The molecule has 2 fully saturated rings. The molecule has 1 aromatic heterocycles. The summed E-state index contributed by atoms with van der Waals surface area (Å²) < 4.78 is 25.1. The summed E-state index contributed by atoms with van der Waals surface area (Å²) >= 11 is 0. The Balaban J connectivity index is 1.59. The minimum absolute atomic E-state index is 0.0534. The second kappa shape index (κ2) is 7.16. The molecule has 136 valence electrons. The molecule has 3 amide bonds. The fourth-order valence-corrected chi connectivity index (χ4v) is 3.40. The summed E-state index contributed by atoms with van der Waals surface area (Å²) in [6, 6.07) is -0.235. The number of hydrogen-bond acceptors (Lipinski definition) is 4. The van der Waals surface area contributed by atoms with Crippen LogP contribution in [0.2, 0.25) is 0 Å². The van der Waals surface area contributed by atoms with Gasteiger partial charge in [-0.05, 0) is 25.7 Å². The van der Waals surface area contributed by atoms with Crippen molar-refractivity contribution < 1.29 is 23.5 Å². The molecule has 0 spiro atoms. The molecule has 2 N–H and O–H groups in total. The molecule has 25 heavy (non-hydrogen) atoms. The molecule has 0 radical (unpaired) electrons. The molecule has 0 atom stereocenters. The summed E-state index contributed by atoms with van der Waals surface area (Å²) in [5, 5.41) is 11.2. The molecule has 1 saturated heterocycles. The molecule has 0 bridgehead atoms. The van der Waals surface area contributed by atoms with E-state index in [0.29, 0.717) is 25.9 Å². The van der Waals surface area contributed by atoms with Crippen molar-refractivity contribution in [3.63, 3.8) is 0 Å². The molecule has 0 aromatic carbocycles. The smallest absolute Gasteiger partial charge is 0.404 e. The second-order valence-electron chi connectivity index (χ2n) is 6.18. The van der Waals surface area contributed by atoms with Gasteiger partial charge in [0.25, 0.3) is 6.43 Å². The van der Waals surface area contributed by atoms with E-state index in [1.807, 2.05) is 0 Å². The molecule has 1 aliphatic heterocycles. The fourth-order valence-electron chi connectivity index (χ4n) is 3.40. The number of hydrogen-bond donors (Lipinski definition) is 2. The summed E-state index contributed by atoms with van der Waals surface area (Å²) in [7, 11) is 0. The van der Waals surface area contributed by atoms with Gasteiger partial charge in [-0.1, -0.05) is 0 Å². The maximum Gasteiger partial charge on any atom is 0.404 e. The van der Waals surface area contributed by atoms with Crippen LogP contribution in [0.15, 0.2) is 12.4 Å². The number of carbonyl (C=O) groups excluding carboxylic acids is 1. The van der Waals surface area contributed by atoms with Gasteiger partial charge in [0.2, 0.25) is 0 Å². The van der Waals surface area contributed by atoms with E-state index in [1.165, 1.54) is 11.1 Å². The third-order valence-electron chi connectivity index (χ3n) is 4.66. The Morgan fingerprint density at radius 1 is 1.20 bits per heavy atom. The van der Waals surface area contributed by atoms with Crippen LogP contribution in [0.25, 0.3) is 0 Å². The van der Waals surface area contributed by atoms with Crippen molar-refractivity contribution in [2.75, 3.05) is 18.0 Å². The van der Waals surface area contributed by atoms with Crippen molar-refractivity contribution >= 4 is 17.9 Å². The average Bonchev–Trinajstić information content (AvgIpc) is 2.97. The minimum Gasteiger partial charge on any atom is -0.465 e. The number of anilines is 1. The molecule has 1 saturated carbocycles. The van der Waals surface area contributed by atoms with E-state index in [-0.39, 0.29) is 23.9 Å². The third-order valence-corrected chi connectivity index (χ3v) is 4.66. The molecule has 1 aliphatic carbocycles. The fraction of sp³-hybridized carbons (Fsp3) is 0.600. The maximum absolute atomic E-state index is 12.6. The highest BCUT2D eigenvalue weighted by atomic mass is 19.3. The molecule has 2 heterocycles. The van der Waals surface area contributed by atoms with Crippen LogP contribution in [-0.2, 0) is 0 Å². The topological polar surface area (TPSA) is 98.7 Å². The Hall–Kier alpha value is -2.52. The highest BCUT2D eigenvalue weighted by molar-refractivity contribution is 5.93. The van der Waals surface area contributed by atoms with Crippen molar-refractivity contribution in [2.45, 2.75) is 44.2 Å². The lowest BCUT2D eigenvalue weighted by Crippen LogP contribution is -2.45. The number of urea groups is 1. The van der Waals surface area contributed by atoms with Crippen molar-refractivity contribution in [2.24, 2.45) is 0 Å². The van der Waals surface area contributed by atoms with Crippen LogP contribution in [0.5, 0.6) is 0 Å². The van der Waals surface area contributed by atoms with Crippen LogP contribution in [0.1, 0.15) is 37.8 Å². The molecule has 2 aliphatic rings. The number of rotatable bonds is 4. The third kappa shape index (κ3) is 3.77. The van der Waals surface area contributed by atoms with Crippen molar-refractivity contribution in [3.8, 4) is 0 Å². The highest BCUT2D eigenvalue weighted by Gasteiger charge is 2.37. The van der Waals surface area contributed by atoms with Gasteiger partial charge >= 0.3 is 12.1 Å². The lowest BCUT2D eigenvalue weighted by atomic mass is 9.90. The molecule has 0 unspecified atom stereocenters. The van der Waals surface area contributed by atoms with Gasteiger partial charge in [0, 0.05) is 25.2 Å². The van der Waals surface area contributed by atoms with E-state index < -0.39 is 18.2 Å². The van der Waals surface area contributed by atoms with E-state index in [4.69, 9.17) is 5.11 Å². The summed E-state index contributed by atoms with van der Waals surface area (Å²) in [5.74, 6) is 0.262. The minimum atomic E-state index is -2.69. The number of carboxylic acid groups (broad SMARTS) is 1. The van der Waals surface area contributed by atoms with Crippen LogP contribution in [0.4, 0.5) is 24.2 Å². The zero-order chi connectivity index (χ0) is 18.0. The number of alkyl halides is 2. The normalized spacial score (nSPS) is 24.0. The highest BCUT2D eigenvalue weighted by Crippen LogP contribution is 2.28. The SMILES string of the molecule is O=C(O)NC1CCC(N2CCN(c3cnc(C(F)F)cn3)C2=O)CC1. The molecule has 10 heteroatoms. The zero-order valence-corrected chi connectivity index (χ0v) is 13.4. The van der Waals surface area contributed by atoms with Gasteiger partial charge in [-0.3, -0.25) is 4.90 Å². The number of halogens is 2. The van der Waals surface area contributed by atoms with Gasteiger partial charge in [0.05, 0.1) is 12.4 Å². The number of nitrogens with zero attached hydrogens (tertiary/aromatic N) is 4. The Labute approximate surface area is 142 Å². The standard InChI is InChI=1S/C15H19F2N5O3/c16-13(17)11-7-19-12(8-18-11)22-6-5-21(15(22)25)10-3-1-9(2-4-10)20-14(23)24/h7-10,13,20H,1-6H2,(H,23,24). The van der Waals surface area contributed by atoms with Gasteiger partial charge in [0.15, 0.2) is 5.82 Å². The van der Waals surface area contributed by atoms with Crippen LogP contribution in [0.3, 0.4) is 0 Å². The van der Waals surface area contributed by atoms with Crippen LogP contribution in [-0.4, -0.2) is 57.3 Å². The summed E-state index contributed by atoms with van der Waals surface area (Å²) in [4.78, 5) is 34.0. The number of carbonyl (C=O) groups is 2. The molecule has 1 aromatic rings. The number of nitrogens with one attached hydrogen (secondary N) is 1. The van der Waals surface area contributed by atoms with Gasteiger partial charge in [-0.25, -0.2) is 28.3 Å². The summed E-state index contributed by atoms with van der Waals surface area (Å²) in [6.07, 6.45) is 1.27. The first kappa shape index (κ1) is 17.3. The van der Waals surface area contributed by atoms with Crippen LogP contribution >= 0.6 is 0 Å². The largest absolute Gasteiger partial charge is 0.465 e. The average molecular weight is 355 g/mol. The van der Waals surface area contributed by atoms with Gasteiger partial charge < -0.3 is 15.3 Å². The lowest BCUT2D eigenvalue weighted by Gasteiger charge is -2.34. The summed E-state index contributed by atoms with van der Waals surface area (Å²) in [5.41, 5.74) is -0.420. The lowest BCUT2D eigenvalue weighted by molar-refractivity contribution is 0.145. The monoisotopic (exact) mass is 355 g/mol. The molecular weight excluding hydrogens is 336 g/mol. The molecule has 8 nitrogen and oxygen atoms in total. The molecular formula is C15H19F2N5O3. The van der Waals surface area contributed by atoms with Crippen molar-refractivity contribution in [1.29, 1.82) is 0 Å². The molecule has 3 rings (SSSR count). The zero-order valence-electron chi connectivity index (χ0n) is 13.4. The number of amides is 3.